The van der Waals surface area contributed by atoms with Crippen molar-refractivity contribution in [1.29, 1.82) is 0 Å². The van der Waals surface area contributed by atoms with E-state index in [9.17, 15) is 19.7 Å². The number of para-hydroxylation sites is 2. The van der Waals surface area contributed by atoms with E-state index in [0.29, 0.717) is 5.75 Å². The van der Waals surface area contributed by atoms with Crippen LogP contribution in [0.5, 0.6) is 17.2 Å². The Morgan fingerprint density at radius 1 is 1.00 bits per heavy atom. The predicted molar refractivity (Wildman–Crippen MR) is 103 cm³/mol. The van der Waals surface area contributed by atoms with E-state index in [2.05, 4.69) is 5.32 Å². The van der Waals surface area contributed by atoms with Crippen LogP contribution in [0.25, 0.3) is 0 Å². The molecule has 1 N–H and O–H groups in total. The Hall–Kier alpha value is -3.82. The summed E-state index contributed by atoms with van der Waals surface area (Å²) in [5.74, 6) is -0.937. The number of nitrogens with zero attached hydrogens (tertiary/aromatic N) is 1. The number of carbonyl (C=O) groups is 2. The average Bonchev–Trinajstić information content (AvgIpc) is 2.72. The molecule has 0 aliphatic rings. The van der Waals surface area contributed by atoms with Gasteiger partial charge in [0.05, 0.1) is 26.3 Å². The molecular formula is C19H20N2O8. The minimum atomic E-state index is -1.24. The summed E-state index contributed by atoms with van der Waals surface area (Å²) in [6, 6.07) is 8.54. The highest BCUT2D eigenvalue weighted by Crippen LogP contribution is 2.40. The first-order valence-corrected chi connectivity index (χ1v) is 8.38. The Balaban J connectivity index is 2.19. The van der Waals surface area contributed by atoms with E-state index >= 15 is 0 Å². The van der Waals surface area contributed by atoms with Crippen molar-refractivity contribution in [3.8, 4) is 17.2 Å². The number of anilines is 1. The summed E-state index contributed by atoms with van der Waals surface area (Å²) in [4.78, 5) is 35.3. The molecule has 0 bridgehead atoms. The lowest BCUT2D eigenvalue weighted by Crippen LogP contribution is -2.30. The van der Waals surface area contributed by atoms with Gasteiger partial charge >= 0.3 is 5.97 Å². The van der Waals surface area contributed by atoms with Gasteiger partial charge in [0.15, 0.2) is 17.6 Å². The number of amides is 1. The molecule has 0 saturated heterocycles. The van der Waals surface area contributed by atoms with Crippen LogP contribution in [0.1, 0.15) is 17.3 Å². The predicted octanol–water partition coefficient (Wildman–Crippen LogP) is 2.80. The van der Waals surface area contributed by atoms with E-state index in [1.807, 2.05) is 0 Å². The number of nitro groups is 1. The van der Waals surface area contributed by atoms with Gasteiger partial charge in [0.2, 0.25) is 5.75 Å². The molecule has 10 heteroatoms. The molecule has 2 aromatic rings. The molecule has 0 saturated carbocycles. The third-order valence-electron chi connectivity index (χ3n) is 3.94. The lowest BCUT2D eigenvalue weighted by Gasteiger charge is -2.17. The number of hydrogen-bond acceptors (Lipinski definition) is 8. The van der Waals surface area contributed by atoms with E-state index in [1.54, 1.807) is 0 Å². The first kappa shape index (κ1) is 21.5. The molecule has 2 aromatic carbocycles. The van der Waals surface area contributed by atoms with Crippen LogP contribution in [0, 0.1) is 10.1 Å². The Morgan fingerprint density at radius 3 is 2.24 bits per heavy atom. The number of rotatable bonds is 8. The summed E-state index contributed by atoms with van der Waals surface area (Å²) in [5.41, 5.74) is -0.259. The Morgan fingerprint density at radius 2 is 1.66 bits per heavy atom. The number of hydrogen-bond donors (Lipinski definition) is 1. The first-order chi connectivity index (χ1) is 13.8. The third-order valence-corrected chi connectivity index (χ3v) is 3.94. The number of methoxy groups -OCH3 is 3. The summed E-state index contributed by atoms with van der Waals surface area (Å²) in [5, 5.41) is 13.4. The molecule has 1 amide bonds. The Bertz CT molecular complexity index is 928. The van der Waals surface area contributed by atoms with E-state index in [0.717, 1.165) is 0 Å². The van der Waals surface area contributed by atoms with Crippen LogP contribution in [0.15, 0.2) is 36.4 Å². The molecule has 0 unspecified atom stereocenters. The van der Waals surface area contributed by atoms with Crippen molar-refractivity contribution in [2.45, 2.75) is 13.0 Å². The highest BCUT2D eigenvalue weighted by Gasteiger charge is 2.26. The molecule has 0 aliphatic heterocycles. The minimum absolute atomic E-state index is 0.00547. The second kappa shape index (κ2) is 9.40. The monoisotopic (exact) mass is 404 g/mol. The first-order valence-electron chi connectivity index (χ1n) is 8.38. The Kier molecular flexibility index (Phi) is 6.96. The highest BCUT2D eigenvalue weighted by molar-refractivity contribution is 5.99. The number of esters is 1. The summed E-state index contributed by atoms with van der Waals surface area (Å²) in [6.45, 7) is 1.34. The van der Waals surface area contributed by atoms with Crippen molar-refractivity contribution >= 4 is 23.3 Å². The van der Waals surface area contributed by atoms with Gasteiger partial charge in [0.25, 0.3) is 11.6 Å². The number of nitrogens with one attached hydrogen (secondary N) is 1. The van der Waals surface area contributed by atoms with Crippen LogP contribution in [0.2, 0.25) is 0 Å². The van der Waals surface area contributed by atoms with Crippen LogP contribution in [-0.2, 0) is 9.53 Å². The van der Waals surface area contributed by atoms with E-state index < -0.39 is 22.9 Å². The van der Waals surface area contributed by atoms with Gasteiger partial charge in [-0.3, -0.25) is 14.9 Å². The van der Waals surface area contributed by atoms with Gasteiger partial charge in [-0.15, -0.1) is 0 Å². The second-order valence-corrected chi connectivity index (χ2v) is 5.69. The molecule has 0 aliphatic carbocycles. The van der Waals surface area contributed by atoms with Crippen LogP contribution in [0.4, 0.5) is 11.4 Å². The van der Waals surface area contributed by atoms with Crippen molar-refractivity contribution in [1.82, 2.24) is 0 Å². The molecule has 10 nitrogen and oxygen atoms in total. The minimum Gasteiger partial charge on any atom is -0.493 e. The van der Waals surface area contributed by atoms with Crippen molar-refractivity contribution in [2.75, 3.05) is 26.6 Å². The van der Waals surface area contributed by atoms with Crippen LogP contribution >= 0.6 is 0 Å². The normalized spacial score (nSPS) is 11.2. The number of benzene rings is 2. The summed E-state index contributed by atoms with van der Waals surface area (Å²) >= 11 is 0. The van der Waals surface area contributed by atoms with Crippen molar-refractivity contribution in [2.24, 2.45) is 0 Å². The van der Waals surface area contributed by atoms with Crippen molar-refractivity contribution in [3.05, 3.63) is 52.1 Å². The van der Waals surface area contributed by atoms with Gasteiger partial charge in [-0.25, -0.2) is 4.79 Å². The third kappa shape index (κ3) is 4.72. The zero-order valence-electron chi connectivity index (χ0n) is 16.3. The molecule has 0 aromatic heterocycles. The molecule has 0 heterocycles. The van der Waals surface area contributed by atoms with E-state index in [-0.39, 0.29) is 28.4 Å². The molecule has 0 radical (unpaired) electrons. The lowest BCUT2D eigenvalue weighted by atomic mass is 10.1. The van der Waals surface area contributed by atoms with Gasteiger partial charge in [0.1, 0.15) is 11.3 Å². The summed E-state index contributed by atoms with van der Waals surface area (Å²) in [7, 11) is 4.17. The fourth-order valence-electron chi connectivity index (χ4n) is 2.51. The molecule has 1 atom stereocenters. The smallest absolute Gasteiger partial charge is 0.342 e. The maximum atomic E-state index is 12.5. The van der Waals surface area contributed by atoms with E-state index in [4.69, 9.17) is 18.9 Å². The fraction of sp³-hybridized carbons (Fsp3) is 0.263. The zero-order chi connectivity index (χ0) is 21.6. The largest absolute Gasteiger partial charge is 0.493 e. The standard InChI is InChI=1S/C19H20N2O8/c1-11(18(22)20-13-7-5-6-8-14(13)21(24)25)29-19(23)12-9-10-15(26-2)17(28-4)16(12)27-3/h5-11H,1-4H3,(H,20,22)/t11-/m0/s1. The molecule has 2 rings (SSSR count). The number of ether oxygens (including phenoxy) is 4. The van der Waals surface area contributed by atoms with Crippen LogP contribution in [-0.4, -0.2) is 44.2 Å². The van der Waals surface area contributed by atoms with E-state index in [1.165, 1.54) is 64.7 Å². The number of carbonyl (C=O) groups excluding carboxylic acids is 2. The highest BCUT2D eigenvalue weighted by atomic mass is 16.6. The summed E-state index contributed by atoms with van der Waals surface area (Å²) < 4.78 is 20.8. The number of nitro benzene ring substituents is 1. The maximum Gasteiger partial charge on any atom is 0.342 e. The Labute approximate surface area is 166 Å². The topological polar surface area (TPSA) is 126 Å². The average molecular weight is 404 g/mol. The second-order valence-electron chi connectivity index (χ2n) is 5.69. The lowest BCUT2D eigenvalue weighted by molar-refractivity contribution is -0.383. The molecule has 29 heavy (non-hydrogen) atoms. The van der Waals surface area contributed by atoms with Crippen LogP contribution in [0.3, 0.4) is 0 Å². The van der Waals surface area contributed by atoms with Crippen LogP contribution < -0.4 is 19.5 Å². The quantitative estimate of drug-likeness (QED) is 0.404. The van der Waals surface area contributed by atoms with Gasteiger partial charge in [0, 0.05) is 6.07 Å². The summed E-state index contributed by atoms with van der Waals surface area (Å²) in [6.07, 6.45) is -1.24. The molecule has 154 valence electrons. The van der Waals surface area contributed by atoms with Crippen molar-refractivity contribution in [3.63, 3.8) is 0 Å². The van der Waals surface area contributed by atoms with Gasteiger partial charge in [-0.2, -0.15) is 0 Å². The van der Waals surface area contributed by atoms with Gasteiger partial charge in [-0.05, 0) is 25.1 Å². The van der Waals surface area contributed by atoms with Gasteiger partial charge in [-0.1, -0.05) is 12.1 Å². The van der Waals surface area contributed by atoms with Crippen molar-refractivity contribution < 1.29 is 33.5 Å². The zero-order valence-corrected chi connectivity index (χ0v) is 16.3. The fourth-order valence-corrected chi connectivity index (χ4v) is 2.51. The molecule has 0 spiro atoms. The molecular weight excluding hydrogens is 384 g/mol. The SMILES string of the molecule is COc1ccc(C(=O)O[C@@H](C)C(=O)Nc2ccccc2[N+](=O)[O-])c(OC)c1OC. The van der Waals surface area contributed by atoms with Gasteiger partial charge < -0.3 is 24.3 Å². The maximum absolute atomic E-state index is 12.5. The molecule has 0 fully saturated rings.